The summed E-state index contributed by atoms with van der Waals surface area (Å²) in [5, 5.41) is 7.40. The first-order valence-corrected chi connectivity index (χ1v) is 11.2. The highest BCUT2D eigenvalue weighted by Crippen LogP contribution is 2.38. The number of rotatable bonds is 3. The second-order valence-corrected chi connectivity index (χ2v) is 8.32. The largest absolute Gasteiger partial charge is 0.0616 e. The van der Waals surface area contributed by atoms with Crippen molar-refractivity contribution in [2.75, 3.05) is 0 Å². The number of hydrogen-bond donors (Lipinski definition) is 0. The Bertz CT molecular complexity index is 1590. The monoisotopic (exact) mass is 406 g/mol. The van der Waals surface area contributed by atoms with Crippen molar-refractivity contribution in [3.05, 3.63) is 121 Å². The molecule has 0 nitrogen and oxygen atoms in total. The molecule has 0 aliphatic rings. The fourth-order valence-electron chi connectivity index (χ4n) is 4.73. The lowest BCUT2D eigenvalue weighted by Crippen LogP contribution is -1.88. The van der Waals surface area contributed by atoms with Crippen molar-refractivity contribution in [1.82, 2.24) is 0 Å². The summed E-state index contributed by atoms with van der Waals surface area (Å²) in [5.74, 6) is 0. The minimum atomic E-state index is 1.04. The molecule has 0 heterocycles. The smallest absolute Gasteiger partial charge is 0.0406 e. The highest BCUT2D eigenvalue weighted by molar-refractivity contribution is 6.09. The third-order valence-electron chi connectivity index (χ3n) is 6.45. The van der Waals surface area contributed by atoms with Crippen LogP contribution < -0.4 is 0 Å². The van der Waals surface area contributed by atoms with Gasteiger partial charge in [0, 0.05) is 16.5 Å². The number of benzene rings is 5. The minimum Gasteiger partial charge on any atom is -0.0616 e. The van der Waals surface area contributed by atoms with Gasteiger partial charge in [0.25, 0.3) is 0 Å². The minimum absolute atomic E-state index is 1.04. The lowest BCUT2D eigenvalue weighted by molar-refractivity contribution is 1.14. The van der Waals surface area contributed by atoms with Crippen LogP contribution in [0.3, 0.4) is 0 Å². The molecule has 0 aliphatic carbocycles. The van der Waals surface area contributed by atoms with Gasteiger partial charge < -0.3 is 0 Å². The van der Waals surface area contributed by atoms with Gasteiger partial charge in [0.2, 0.25) is 0 Å². The molecule has 0 spiro atoms. The molecule has 150 valence electrons. The topological polar surface area (TPSA) is 0 Å². The van der Waals surface area contributed by atoms with Gasteiger partial charge in [-0.25, -0.2) is 0 Å². The molecule has 0 N–H and O–H groups in total. The third kappa shape index (κ3) is 3.03. The van der Waals surface area contributed by atoms with E-state index < -0.39 is 0 Å². The SMILES string of the molecule is CCc1ccc(-c2c(-c3ccc4c(ccc5ccccc54)c3)c#cc3ccccc23)cc1. The molecule has 0 aromatic heterocycles. The van der Waals surface area contributed by atoms with Gasteiger partial charge in [-0.05, 0) is 62.2 Å². The molecule has 0 aliphatic heterocycles. The Morgan fingerprint density at radius 1 is 0.562 bits per heavy atom. The van der Waals surface area contributed by atoms with Crippen LogP contribution in [0.5, 0.6) is 0 Å². The van der Waals surface area contributed by atoms with Gasteiger partial charge in [-0.2, -0.15) is 0 Å². The first-order valence-electron chi connectivity index (χ1n) is 11.2. The molecular weight excluding hydrogens is 384 g/mol. The molecule has 0 saturated carbocycles. The zero-order valence-corrected chi connectivity index (χ0v) is 18.0. The molecule has 6 rings (SSSR count). The van der Waals surface area contributed by atoms with Crippen LogP contribution in [-0.4, -0.2) is 0 Å². The molecule has 0 unspecified atom stereocenters. The first kappa shape index (κ1) is 18.7. The van der Waals surface area contributed by atoms with Crippen LogP contribution in [0, 0.1) is 12.1 Å². The molecule has 6 aromatic carbocycles. The lowest BCUT2D eigenvalue weighted by Gasteiger charge is -2.13. The van der Waals surface area contributed by atoms with Crippen molar-refractivity contribution in [2.24, 2.45) is 0 Å². The van der Waals surface area contributed by atoms with E-state index >= 15 is 0 Å². The Hall–Kier alpha value is -4.08. The van der Waals surface area contributed by atoms with Gasteiger partial charge in [0.15, 0.2) is 0 Å². The molecule has 0 heteroatoms. The van der Waals surface area contributed by atoms with E-state index in [-0.39, 0.29) is 0 Å². The number of aryl methyl sites for hydroxylation is 1. The highest BCUT2D eigenvalue weighted by Gasteiger charge is 2.13. The molecule has 32 heavy (non-hydrogen) atoms. The second kappa shape index (κ2) is 7.56. The fraction of sp³-hybridized carbons (Fsp3) is 0.0625. The molecule has 0 saturated heterocycles. The van der Waals surface area contributed by atoms with Crippen LogP contribution in [-0.2, 0) is 6.42 Å². The number of hydrogen-bond acceptors (Lipinski definition) is 0. The summed E-state index contributed by atoms with van der Waals surface area (Å²) in [7, 11) is 0. The van der Waals surface area contributed by atoms with Gasteiger partial charge >= 0.3 is 0 Å². The highest BCUT2D eigenvalue weighted by atomic mass is 14.1. The summed E-state index contributed by atoms with van der Waals surface area (Å²) in [4.78, 5) is 0. The van der Waals surface area contributed by atoms with Gasteiger partial charge in [-0.15, -0.1) is 0 Å². The Morgan fingerprint density at radius 3 is 2.09 bits per heavy atom. The van der Waals surface area contributed by atoms with E-state index in [2.05, 4.69) is 122 Å². The first-order chi connectivity index (χ1) is 15.8. The van der Waals surface area contributed by atoms with Crippen LogP contribution in [0.15, 0.2) is 103 Å². The average Bonchev–Trinajstić information content (AvgIpc) is 2.87. The van der Waals surface area contributed by atoms with Crippen molar-refractivity contribution in [3.63, 3.8) is 0 Å². The van der Waals surface area contributed by atoms with Crippen molar-refractivity contribution >= 4 is 32.3 Å². The van der Waals surface area contributed by atoms with Gasteiger partial charge in [0.05, 0.1) is 0 Å². The standard InChI is InChI=1S/C32H22/c1-2-22-11-13-25(14-12-22)32-30-10-6-4-8-24(30)17-20-31(32)27-18-19-29-26(21-27)16-15-23-7-3-5-9-28(23)29/h3-16,18-19,21H,2H2,1H3. The molecule has 0 atom stereocenters. The van der Waals surface area contributed by atoms with Gasteiger partial charge in [0.1, 0.15) is 0 Å². The van der Waals surface area contributed by atoms with Gasteiger partial charge in [-0.1, -0.05) is 110 Å². The predicted molar refractivity (Wildman–Crippen MR) is 137 cm³/mol. The lowest BCUT2D eigenvalue weighted by atomic mass is 9.89. The summed E-state index contributed by atoms with van der Waals surface area (Å²) < 4.78 is 0. The molecule has 0 amide bonds. The maximum atomic E-state index is 3.50. The molecular formula is C32H22. The summed E-state index contributed by atoms with van der Waals surface area (Å²) >= 11 is 0. The Labute approximate surface area is 188 Å². The van der Waals surface area contributed by atoms with Crippen LogP contribution >= 0.6 is 0 Å². The van der Waals surface area contributed by atoms with E-state index in [1.54, 1.807) is 0 Å². The van der Waals surface area contributed by atoms with Gasteiger partial charge in [-0.3, -0.25) is 0 Å². The van der Waals surface area contributed by atoms with E-state index in [1.807, 2.05) is 0 Å². The van der Waals surface area contributed by atoms with E-state index in [0.717, 1.165) is 17.4 Å². The average molecular weight is 407 g/mol. The zero-order chi connectivity index (χ0) is 21.5. The molecule has 0 radical (unpaired) electrons. The van der Waals surface area contributed by atoms with E-state index in [4.69, 9.17) is 0 Å². The van der Waals surface area contributed by atoms with Crippen LogP contribution in [0.1, 0.15) is 12.5 Å². The molecule has 6 aromatic rings. The van der Waals surface area contributed by atoms with Crippen LogP contribution in [0.4, 0.5) is 0 Å². The predicted octanol–water partition coefficient (Wildman–Crippen LogP) is 8.64. The fourth-order valence-corrected chi connectivity index (χ4v) is 4.73. The van der Waals surface area contributed by atoms with Crippen molar-refractivity contribution < 1.29 is 0 Å². The van der Waals surface area contributed by atoms with Crippen molar-refractivity contribution in [3.8, 4) is 22.3 Å². The van der Waals surface area contributed by atoms with Crippen molar-refractivity contribution in [1.29, 1.82) is 0 Å². The van der Waals surface area contributed by atoms with Crippen LogP contribution in [0.2, 0.25) is 0 Å². The zero-order valence-electron chi connectivity index (χ0n) is 18.0. The Balaban J connectivity index is 1.61. The number of fused-ring (bicyclic) bond motifs is 4. The van der Waals surface area contributed by atoms with E-state index in [0.29, 0.717) is 0 Å². The summed E-state index contributed by atoms with van der Waals surface area (Å²) in [5.41, 5.74) is 6.07. The second-order valence-electron chi connectivity index (χ2n) is 8.32. The molecule has 0 bridgehead atoms. The van der Waals surface area contributed by atoms with E-state index in [1.165, 1.54) is 49.2 Å². The summed E-state index contributed by atoms with van der Waals surface area (Å²) in [6.07, 6.45) is 1.04. The molecule has 0 fully saturated rings. The quantitative estimate of drug-likeness (QED) is 0.258. The van der Waals surface area contributed by atoms with Crippen LogP contribution in [0.25, 0.3) is 54.6 Å². The Kier molecular flexibility index (Phi) is 4.41. The summed E-state index contributed by atoms with van der Waals surface area (Å²) in [6, 6.07) is 44.1. The Morgan fingerprint density at radius 2 is 1.25 bits per heavy atom. The van der Waals surface area contributed by atoms with Crippen molar-refractivity contribution in [2.45, 2.75) is 13.3 Å². The van der Waals surface area contributed by atoms with E-state index in [9.17, 15) is 0 Å². The normalized spacial score (nSPS) is 11.2. The maximum absolute atomic E-state index is 3.50. The third-order valence-corrected chi connectivity index (χ3v) is 6.45. The maximum Gasteiger partial charge on any atom is 0.0406 e. The summed E-state index contributed by atoms with van der Waals surface area (Å²) in [6.45, 7) is 2.19.